The van der Waals surface area contributed by atoms with Crippen LogP contribution in [0.2, 0.25) is 0 Å². The topological polar surface area (TPSA) is 154 Å². The van der Waals surface area contributed by atoms with Crippen LogP contribution < -0.4 is 21.7 Å². The standard InChI is InChI=1S/C30H30N4O5/c31-29(38)28(26(36)18-35)34-30(39)22-12-8-19(9-13-22)6-7-20-10-14-23(15-11-20)33-27(37)17-32-25-16-24(25)21-4-2-1-3-5-21/h1-5,8-15,24-25,28-29,32,35,38H,16-18,31H2,(H,33,37)(H,34,39)/t24-,25+,28-,29+/m1/s1. The Balaban J connectivity index is 1.25. The van der Waals surface area contributed by atoms with E-state index >= 15 is 0 Å². The second-order valence-electron chi connectivity index (χ2n) is 9.26. The summed E-state index contributed by atoms with van der Waals surface area (Å²) in [6.45, 7) is -0.608. The zero-order valence-corrected chi connectivity index (χ0v) is 21.1. The van der Waals surface area contributed by atoms with Gasteiger partial charge in [-0.15, -0.1) is 0 Å². The van der Waals surface area contributed by atoms with Gasteiger partial charge < -0.3 is 31.9 Å². The lowest BCUT2D eigenvalue weighted by Gasteiger charge is -2.19. The molecule has 2 amide bonds. The molecule has 3 aromatic carbocycles. The molecule has 1 aliphatic rings. The van der Waals surface area contributed by atoms with Gasteiger partial charge in [-0.1, -0.05) is 42.2 Å². The molecule has 1 saturated carbocycles. The van der Waals surface area contributed by atoms with E-state index in [2.05, 4.69) is 39.9 Å². The third kappa shape index (κ3) is 7.83. The molecule has 0 aromatic heterocycles. The van der Waals surface area contributed by atoms with Crippen molar-refractivity contribution in [3.05, 3.63) is 101 Å². The van der Waals surface area contributed by atoms with Crippen LogP contribution in [0.1, 0.15) is 39.4 Å². The molecule has 1 fully saturated rings. The molecule has 9 nitrogen and oxygen atoms in total. The Hall–Kier alpha value is -4.33. The minimum absolute atomic E-state index is 0.107. The van der Waals surface area contributed by atoms with Gasteiger partial charge in [-0.25, -0.2) is 0 Å². The van der Waals surface area contributed by atoms with Gasteiger partial charge >= 0.3 is 0 Å². The van der Waals surface area contributed by atoms with E-state index < -0.39 is 30.6 Å². The minimum Gasteiger partial charge on any atom is -0.388 e. The summed E-state index contributed by atoms with van der Waals surface area (Å²) >= 11 is 0. The number of carbonyl (C=O) groups is 3. The van der Waals surface area contributed by atoms with Crippen LogP contribution in [-0.4, -0.2) is 59.3 Å². The van der Waals surface area contributed by atoms with Gasteiger partial charge in [0.2, 0.25) is 5.91 Å². The van der Waals surface area contributed by atoms with Crippen molar-refractivity contribution in [3.8, 4) is 11.8 Å². The van der Waals surface area contributed by atoms with Crippen LogP contribution >= 0.6 is 0 Å². The normalized spacial score (nSPS) is 17.2. The van der Waals surface area contributed by atoms with Gasteiger partial charge in [0.25, 0.3) is 5.91 Å². The van der Waals surface area contributed by atoms with Crippen molar-refractivity contribution in [1.29, 1.82) is 0 Å². The lowest BCUT2D eigenvalue weighted by molar-refractivity contribution is -0.126. The highest BCUT2D eigenvalue weighted by Gasteiger charge is 2.37. The number of Topliss-reactive ketones (excluding diaryl/α,β-unsaturated/α-hetero) is 1. The van der Waals surface area contributed by atoms with E-state index in [0.29, 0.717) is 23.2 Å². The first-order valence-corrected chi connectivity index (χ1v) is 12.5. The molecule has 4 atom stereocenters. The molecule has 7 N–H and O–H groups in total. The Bertz CT molecular complexity index is 1360. The number of nitrogens with two attached hydrogens (primary N) is 1. The van der Waals surface area contributed by atoms with Crippen molar-refractivity contribution in [3.63, 3.8) is 0 Å². The highest BCUT2D eigenvalue weighted by Crippen LogP contribution is 2.40. The van der Waals surface area contributed by atoms with Crippen LogP contribution in [0.3, 0.4) is 0 Å². The zero-order valence-electron chi connectivity index (χ0n) is 21.1. The van der Waals surface area contributed by atoms with E-state index in [9.17, 15) is 19.5 Å². The fourth-order valence-electron chi connectivity index (χ4n) is 4.08. The van der Waals surface area contributed by atoms with Crippen LogP contribution in [0.5, 0.6) is 0 Å². The molecule has 0 spiro atoms. The molecule has 0 heterocycles. The Morgan fingerprint density at radius 2 is 1.54 bits per heavy atom. The van der Waals surface area contributed by atoms with Gasteiger partial charge in [0.1, 0.15) is 18.9 Å². The van der Waals surface area contributed by atoms with E-state index in [-0.39, 0.29) is 18.0 Å². The van der Waals surface area contributed by atoms with Crippen LogP contribution in [0.15, 0.2) is 78.9 Å². The number of aliphatic hydroxyl groups excluding tert-OH is 2. The lowest BCUT2D eigenvalue weighted by atomic mass is 10.1. The Morgan fingerprint density at radius 3 is 2.13 bits per heavy atom. The highest BCUT2D eigenvalue weighted by molar-refractivity contribution is 5.98. The summed E-state index contributed by atoms with van der Waals surface area (Å²) in [5, 5.41) is 26.9. The average molecular weight is 527 g/mol. The van der Waals surface area contributed by atoms with Crippen LogP contribution in [0, 0.1) is 11.8 Å². The smallest absolute Gasteiger partial charge is 0.251 e. The van der Waals surface area contributed by atoms with Crippen molar-refractivity contribution in [2.24, 2.45) is 5.73 Å². The third-order valence-corrected chi connectivity index (χ3v) is 6.34. The summed E-state index contributed by atoms with van der Waals surface area (Å²) in [5.74, 6) is 4.98. The largest absolute Gasteiger partial charge is 0.388 e. The second-order valence-corrected chi connectivity index (χ2v) is 9.26. The van der Waals surface area contributed by atoms with Gasteiger partial charge in [-0.3, -0.25) is 14.4 Å². The number of anilines is 1. The first kappa shape index (κ1) is 27.7. The molecule has 0 saturated heterocycles. The predicted octanol–water partition coefficient (Wildman–Crippen LogP) is 1.11. The molecular weight excluding hydrogens is 496 g/mol. The summed E-state index contributed by atoms with van der Waals surface area (Å²) in [4.78, 5) is 36.3. The molecule has 0 bridgehead atoms. The average Bonchev–Trinajstić information content (AvgIpc) is 3.74. The summed E-state index contributed by atoms with van der Waals surface area (Å²) < 4.78 is 0. The predicted molar refractivity (Wildman–Crippen MR) is 147 cm³/mol. The van der Waals surface area contributed by atoms with Crippen molar-refractivity contribution in [2.75, 3.05) is 18.5 Å². The van der Waals surface area contributed by atoms with E-state index in [1.54, 1.807) is 36.4 Å². The highest BCUT2D eigenvalue weighted by atomic mass is 16.3. The van der Waals surface area contributed by atoms with Crippen LogP contribution in [-0.2, 0) is 9.59 Å². The van der Waals surface area contributed by atoms with Crippen molar-refractivity contribution < 1.29 is 24.6 Å². The maximum atomic E-state index is 12.3. The quantitative estimate of drug-likeness (QED) is 0.171. The molecule has 0 unspecified atom stereocenters. The Kier molecular flexibility index (Phi) is 9.20. The third-order valence-electron chi connectivity index (χ3n) is 6.34. The molecule has 4 rings (SSSR count). The van der Waals surface area contributed by atoms with E-state index in [1.165, 1.54) is 17.7 Å². The minimum atomic E-state index is -1.63. The number of hydrogen-bond donors (Lipinski definition) is 6. The lowest BCUT2D eigenvalue weighted by Crippen LogP contribution is -2.53. The number of benzene rings is 3. The second kappa shape index (κ2) is 13.0. The number of nitrogens with one attached hydrogen (secondary N) is 3. The van der Waals surface area contributed by atoms with Gasteiger partial charge in [0.05, 0.1) is 6.54 Å². The fraction of sp³-hybridized carbons (Fsp3) is 0.233. The van der Waals surface area contributed by atoms with Crippen molar-refractivity contribution >= 4 is 23.3 Å². The molecular formula is C30H30N4O5. The summed E-state index contributed by atoms with van der Waals surface area (Å²) in [6.07, 6.45) is -0.601. The molecule has 39 heavy (non-hydrogen) atoms. The maximum Gasteiger partial charge on any atom is 0.251 e. The molecule has 0 aliphatic heterocycles. The summed E-state index contributed by atoms with van der Waals surface area (Å²) in [6, 6.07) is 22.7. The van der Waals surface area contributed by atoms with Crippen LogP contribution in [0.25, 0.3) is 0 Å². The molecule has 3 aromatic rings. The van der Waals surface area contributed by atoms with E-state index in [1.807, 2.05) is 18.2 Å². The number of ketones is 1. The van der Waals surface area contributed by atoms with Gasteiger partial charge in [0.15, 0.2) is 5.78 Å². The SMILES string of the molecule is N[C@@H](O)[C@H](NC(=O)c1ccc(C#Cc2ccc(NC(=O)CN[C@H]3C[C@@H]3c3ccccc3)cc2)cc1)C(=O)CO. The van der Waals surface area contributed by atoms with Gasteiger partial charge in [0, 0.05) is 34.3 Å². The maximum absolute atomic E-state index is 12.3. The Labute approximate surface area is 226 Å². The fourth-order valence-corrected chi connectivity index (χ4v) is 4.08. The molecule has 200 valence electrons. The summed E-state index contributed by atoms with van der Waals surface area (Å²) in [7, 11) is 0. The van der Waals surface area contributed by atoms with Crippen LogP contribution in [0.4, 0.5) is 5.69 Å². The molecule has 9 heteroatoms. The first-order chi connectivity index (χ1) is 18.8. The van der Waals surface area contributed by atoms with Gasteiger partial charge in [-0.2, -0.15) is 0 Å². The van der Waals surface area contributed by atoms with Gasteiger partial charge in [-0.05, 0) is 60.5 Å². The molecule has 1 aliphatic carbocycles. The summed E-state index contributed by atoms with van der Waals surface area (Å²) in [5.41, 5.74) is 8.93. The van der Waals surface area contributed by atoms with E-state index in [4.69, 9.17) is 10.8 Å². The van der Waals surface area contributed by atoms with E-state index in [0.717, 1.165) is 12.0 Å². The zero-order chi connectivity index (χ0) is 27.8. The first-order valence-electron chi connectivity index (χ1n) is 12.5. The monoisotopic (exact) mass is 526 g/mol. The number of hydrogen-bond acceptors (Lipinski definition) is 7. The number of amides is 2. The number of rotatable bonds is 10. The number of aliphatic hydroxyl groups is 2. The van der Waals surface area contributed by atoms with Crippen molar-refractivity contribution in [1.82, 2.24) is 10.6 Å². The van der Waals surface area contributed by atoms with Crippen molar-refractivity contribution in [2.45, 2.75) is 30.7 Å². The Morgan fingerprint density at radius 1 is 0.923 bits per heavy atom. The number of carbonyl (C=O) groups excluding carboxylic acids is 3. The molecule has 0 radical (unpaired) electrons.